The summed E-state index contributed by atoms with van der Waals surface area (Å²) < 4.78 is 6.06. The summed E-state index contributed by atoms with van der Waals surface area (Å²) in [5.74, 6) is 0.695. The number of anilines is 2. The Balaban J connectivity index is 2.03. The Morgan fingerprint density at radius 1 is 1.10 bits per heavy atom. The monoisotopic (exact) mass is 334 g/mol. The first-order valence-electron chi connectivity index (χ1n) is 6.06. The molecule has 0 radical (unpaired) electrons. The fourth-order valence-corrected chi connectivity index (χ4v) is 2.04. The predicted molar refractivity (Wildman–Crippen MR) is 84.5 cm³/mol. The Kier molecular flexibility index (Phi) is 4.63. The van der Waals surface area contributed by atoms with Gasteiger partial charge >= 0.3 is 6.03 Å². The van der Waals surface area contributed by atoms with Crippen LogP contribution in [0.4, 0.5) is 16.2 Å². The molecule has 0 saturated heterocycles. The maximum Gasteiger partial charge on any atom is 0.323 e. The molecule has 0 aliphatic heterocycles. The Morgan fingerprint density at radius 3 is 2.45 bits per heavy atom. The van der Waals surface area contributed by atoms with Crippen LogP contribution < -0.4 is 15.4 Å². The molecular formula is C15H15BrN2O2. The Hall–Kier alpha value is -2.01. The quantitative estimate of drug-likeness (QED) is 0.873. The number of carbonyl (C=O) groups is 1. The molecule has 2 rings (SSSR count). The lowest BCUT2D eigenvalue weighted by molar-refractivity contribution is 0.262. The van der Waals surface area contributed by atoms with Gasteiger partial charge < -0.3 is 15.4 Å². The number of benzene rings is 2. The third kappa shape index (κ3) is 3.74. The number of carbonyl (C=O) groups excluding carboxylic acids is 1. The van der Waals surface area contributed by atoms with Gasteiger partial charge in [0.05, 0.1) is 7.11 Å². The molecule has 0 heterocycles. The van der Waals surface area contributed by atoms with Crippen molar-refractivity contribution in [1.29, 1.82) is 0 Å². The molecule has 0 unspecified atom stereocenters. The highest BCUT2D eigenvalue weighted by Crippen LogP contribution is 2.21. The van der Waals surface area contributed by atoms with E-state index in [1.54, 1.807) is 19.2 Å². The zero-order valence-electron chi connectivity index (χ0n) is 11.2. The number of urea groups is 1. The summed E-state index contributed by atoms with van der Waals surface area (Å²) >= 11 is 3.43. The average Bonchev–Trinajstić information content (AvgIpc) is 2.43. The summed E-state index contributed by atoms with van der Waals surface area (Å²) in [6.07, 6.45) is 0. The summed E-state index contributed by atoms with van der Waals surface area (Å²) in [5, 5.41) is 5.53. The van der Waals surface area contributed by atoms with E-state index < -0.39 is 0 Å². The fourth-order valence-electron chi connectivity index (χ4n) is 1.66. The van der Waals surface area contributed by atoms with E-state index in [0.29, 0.717) is 11.4 Å². The third-order valence-electron chi connectivity index (χ3n) is 2.76. The number of methoxy groups -OCH3 is 1. The molecular weight excluding hydrogens is 320 g/mol. The van der Waals surface area contributed by atoms with Gasteiger partial charge in [-0.15, -0.1) is 0 Å². The molecule has 4 nitrogen and oxygen atoms in total. The van der Waals surface area contributed by atoms with Crippen molar-refractivity contribution in [2.24, 2.45) is 0 Å². The molecule has 5 heteroatoms. The van der Waals surface area contributed by atoms with Crippen molar-refractivity contribution in [2.75, 3.05) is 17.7 Å². The largest absolute Gasteiger partial charge is 0.497 e. The molecule has 0 fully saturated rings. The molecule has 0 aliphatic rings. The number of halogens is 1. The summed E-state index contributed by atoms with van der Waals surface area (Å²) in [7, 11) is 1.59. The van der Waals surface area contributed by atoms with Crippen LogP contribution in [0.3, 0.4) is 0 Å². The van der Waals surface area contributed by atoms with Crippen molar-refractivity contribution in [2.45, 2.75) is 6.92 Å². The summed E-state index contributed by atoms with van der Waals surface area (Å²) in [4.78, 5) is 11.9. The molecule has 20 heavy (non-hydrogen) atoms. The molecule has 2 aromatic carbocycles. The number of aryl methyl sites for hydroxylation is 1. The average molecular weight is 335 g/mol. The molecule has 0 aliphatic carbocycles. The highest BCUT2D eigenvalue weighted by molar-refractivity contribution is 9.10. The van der Waals surface area contributed by atoms with Crippen LogP contribution in [0.1, 0.15) is 5.56 Å². The number of amides is 2. The molecule has 2 N–H and O–H groups in total. The van der Waals surface area contributed by atoms with Crippen molar-refractivity contribution in [3.63, 3.8) is 0 Å². The van der Waals surface area contributed by atoms with E-state index in [9.17, 15) is 4.79 Å². The minimum Gasteiger partial charge on any atom is -0.497 e. The van der Waals surface area contributed by atoms with Crippen molar-refractivity contribution in [3.05, 3.63) is 52.5 Å². The van der Waals surface area contributed by atoms with Crippen molar-refractivity contribution in [3.8, 4) is 5.75 Å². The van der Waals surface area contributed by atoms with Gasteiger partial charge in [0.15, 0.2) is 0 Å². The zero-order chi connectivity index (χ0) is 14.5. The topological polar surface area (TPSA) is 50.4 Å². The predicted octanol–water partition coefficient (Wildman–Crippen LogP) is 4.41. The Labute approximate surface area is 126 Å². The van der Waals surface area contributed by atoms with Crippen LogP contribution in [0.5, 0.6) is 5.75 Å². The van der Waals surface area contributed by atoms with E-state index in [2.05, 4.69) is 26.6 Å². The number of ether oxygens (including phenoxy) is 1. The van der Waals surface area contributed by atoms with Crippen LogP contribution in [0.2, 0.25) is 0 Å². The van der Waals surface area contributed by atoms with Gasteiger partial charge in [0, 0.05) is 21.9 Å². The highest BCUT2D eigenvalue weighted by Gasteiger charge is 2.04. The maximum atomic E-state index is 11.9. The van der Waals surface area contributed by atoms with E-state index in [0.717, 1.165) is 15.7 Å². The second-order valence-corrected chi connectivity index (χ2v) is 5.13. The highest BCUT2D eigenvalue weighted by atomic mass is 79.9. The van der Waals surface area contributed by atoms with Gasteiger partial charge in [0.2, 0.25) is 0 Å². The standard InChI is InChI=1S/C15H15BrN2O2/c1-10-6-7-12(9-14(10)16)18-15(19)17-11-4-3-5-13(8-11)20-2/h3-9H,1-2H3,(H2,17,18,19). The van der Waals surface area contributed by atoms with Crippen LogP contribution in [0.25, 0.3) is 0 Å². The van der Waals surface area contributed by atoms with Gasteiger partial charge in [0.1, 0.15) is 5.75 Å². The van der Waals surface area contributed by atoms with E-state index in [4.69, 9.17) is 4.74 Å². The normalized spacial score (nSPS) is 9.95. The summed E-state index contributed by atoms with van der Waals surface area (Å²) in [5.41, 5.74) is 2.51. The van der Waals surface area contributed by atoms with Crippen molar-refractivity contribution >= 4 is 33.3 Å². The van der Waals surface area contributed by atoms with Gasteiger partial charge in [-0.3, -0.25) is 0 Å². The smallest absolute Gasteiger partial charge is 0.323 e. The Morgan fingerprint density at radius 2 is 1.80 bits per heavy atom. The van der Waals surface area contributed by atoms with Crippen molar-refractivity contribution in [1.82, 2.24) is 0 Å². The van der Waals surface area contributed by atoms with Crippen LogP contribution in [-0.2, 0) is 0 Å². The zero-order valence-corrected chi connectivity index (χ0v) is 12.8. The second-order valence-electron chi connectivity index (χ2n) is 4.28. The van der Waals surface area contributed by atoms with Crippen LogP contribution in [0.15, 0.2) is 46.9 Å². The molecule has 2 aromatic rings. The van der Waals surface area contributed by atoms with Gasteiger partial charge in [-0.05, 0) is 36.8 Å². The van der Waals surface area contributed by atoms with Gasteiger partial charge in [-0.2, -0.15) is 0 Å². The van der Waals surface area contributed by atoms with Gasteiger partial charge in [-0.1, -0.05) is 28.1 Å². The minimum absolute atomic E-state index is 0.297. The minimum atomic E-state index is -0.297. The van der Waals surface area contributed by atoms with E-state index >= 15 is 0 Å². The van der Waals surface area contributed by atoms with Gasteiger partial charge in [-0.25, -0.2) is 4.79 Å². The van der Waals surface area contributed by atoms with Gasteiger partial charge in [0.25, 0.3) is 0 Å². The number of hydrogen-bond donors (Lipinski definition) is 2. The molecule has 0 aromatic heterocycles. The first-order valence-corrected chi connectivity index (χ1v) is 6.86. The van der Waals surface area contributed by atoms with Crippen LogP contribution in [-0.4, -0.2) is 13.1 Å². The van der Waals surface area contributed by atoms with E-state index in [1.807, 2.05) is 37.3 Å². The van der Waals surface area contributed by atoms with E-state index in [1.165, 1.54) is 0 Å². The SMILES string of the molecule is COc1cccc(NC(=O)Nc2ccc(C)c(Br)c2)c1. The molecule has 0 saturated carbocycles. The number of rotatable bonds is 3. The molecule has 2 amide bonds. The lowest BCUT2D eigenvalue weighted by Gasteiger charge is -2.09. The molecule has 104 valence electrons. The lowest BCUT2D eigenvalue weighted by Crippen LogP contribution is -2.19. The number of hydrogen-bond acceptors (Lipinski definition) is 2. The molecule has 0 atom stereocenters. The summed E-state index contributed by atoms with van der Waals surface area (Å²) in [6.45, 7) is 1.99. The summed E-state index contributed by atoms with van der Waals surface area (Å²) in [6, 6.07) is 12.5. The Bertz CT molecular complexity index is 629. The molecule has 0 spiro atoms. The third-order valence-corrected chi connectivity index (χ3v) is 3.61. The van der Waals surface area contributed by atoms with Crippen LogP contribution in [0, 0.1) is 6.92 Å². The first-order chi connectivity index (χ1) is 9.58. The maximum absolute atomic E-state index is 11.9. The molecule has 0 bridgehead atoms. The first kappa shape index (κ1) is 14.4. The lowest BCUT2D eigenvalue weighted by atomic mass is 10.2. The van der Waals surface area contributed by atoms with Crippen LogP contribution >= 0.6 is 15.9 Å². The number of nitrogens with one attached hydrogen (secondary N) is 2. The fraction of sp³-hybridized carbons (Fsp3) is 0.133. The second kappa shape index (κ2) is 6.43. The van der Waals surface area contributed by atoms with Crippen molar-refractivity contribution < 1.29 is 9.53 Å². The van der Waals surface area contributed by atoms with E-state index in [-0.39, 0.29) is 6.03 Å².